The number of piperidine rings is 1. The molecule has 1 aliphatic rings. The Kier molecular flexibility index (Phi) is 3.67. The second-order valence-electron chi connectivity index (χ2n) is 4.87. The maximum Gasteiger partial charge on any atom is 0.136 e. The quantitative estimate of drug-likeness (QED) is 0.869. The molecule has 17 heavy (non-hydrogen) atoms. The van der Waals surface area contributed by atoms with Gasteiger partial charge in [-0.15, -0.1) is 0 Å². The van der Waals surface area contributed by atoms with Gasteiger partial charge < -0.3 is 10.2 Å². The summed E-state index contributed by atoms with van der Waals surface area (Å²) in [6.45, 7) is 5.97. The number of anilines is 2. The van der Waals surface area contributed by atoms with E-state index in [2.05, 4.69) is 48.3 Å². The van der Waals surface area contributed by atoms with Crippen molar-refractivity contribution in [2.45, 2.75) is 32.7 Å². The van der Waals surface area contributed by atoms with Crippen molar-refractivity contribution in [3.8, 4) is 0 Å². The van der Waals surface area contributed by atoms with Gasteiger partial charge in [0, 0.05) is 43.3 Å². The number of nitrogens with zero attached hydrogens (tertiary/aromatic N) is 1. The summed E-state index contributed by atoms with van der Waals surface area (Å²) in [5, 5.41) is 3.37. The Hall–Kier alpha value is -1.51. The summed E-state index contributed by atoms with van der Waals surface area (Å²) in [5.41, 5.74) is 2.36. The van der Waals surface area contributed by atoms with Crippen molar-refractivity contribution in [1.29, 1.82) is 0 Å². The van der Waals surface area contributed by atoms with Crippen LogP contribution in [0.1, 0.15) is 26.7 Å². The van der Waals surface area contributed by atoms with Crippen LogP contribution in [0.2, 0.25) is 0 Å². The first-order valence-electron chi connectivity index (χ1n) is 6.28. The maximum atomic E-state index is 11.2. The first-order chi connectivity index (χ1) is 8.15. The summed E-state index contributed by atoms with van der Waals surface area (Å²) < 4.78 is 0. The predicted molar refractivity (Wildman–Crippen MR) is 71.7 cm³/mol. The summed E-state index contributed by atoms with van der Waals surface area (Å²) in [5.74, 6) is 0.388. The Bertz CT molecular complexity index is 374. The van der Waals surface area contributed by atoms with Gasteiger partial charge in [0.25, 0.3) is 0 Å². The highest BCUT2D eigenvalue weighted by atomic mass is 16.1. The number of hydrogen-bond donors (Lipinski definition) is 1. The minimum Gasteiger partial charge on any atom is -0.383 e. The normalized spacial score (nSPS) is 16.4. The van der Waals surface area contributed by atoms with E-state index in [0.717, 1.165) is 18.8 Å². The van der Waals surface area contributed by atoms with Crippen molar-refractivity contribution in [2.24, 2.45) is 0 Å². The van der Waals surface area contributed by atoms with E-state index < -0.39 is 0 Å². The van der Waals surface area contributed by atoms with Crippen LogP contribution in [0, 0.1) is 0 Å². The van der Waals surface area contributed by atoms with Gasteiger partial charge in [-0.3, -0.25) is 4.79 Å². The number of carbonyl (C=O) groups excluding carboxylic acids is 1. The van der Waals surface area contributed by atoms with Gasteiger partial charge in [0.1, 0.15) is 5.78 Å². The summed E-state index contributed by atoms with van der Waals surface area (Å²) >= 11 is 0. The topological polar surface area (TPSA) is 32.3 Å². The van der Waals surface area contributed by atoms with Crippen LogP contribution < -0.4 is 10.2 Å². The Labute approximate surface area is 103 Å². The van der Waals surface area contributed by atoms with E-state index in [4.69, 9.17) is 0 Å². The molecule has 0 saturated carbocycles. The Morgan fingerprint density at radius 2 is 1.71 bits per heavy atom. The lowest BCUT2D eigenvalue weighted by atomic mass is 10.1. The number of benzene rings is 1. The lowest BCUT2D eigenvalue weighted by Crippen LogP contribution is -2.33. The van der Waals surface area contributed by atoms with Crippen molar-refractivity contribution in [1.82, 2.24) is 0 Å². The molecule has 0 atom stereocenters. The van der Waals surface area contributed by atoms with Crippen molar-refractivity contribution in [3.63, 3.8) is 0 Å². The second kappa shape index (κ2) is 5.21. The number of nitrogens with one attached hydrogen (secondary N) is 1. The van der Waals surface area contributed by atoms with Crippen molar-refractivity contribution >= 4 is 17.2 Å². The molecule has 0 bridgehead atoms. The number of rotatable bonds is 3. The highest BCUT2D eigenvalue weighted by molar-refractivity contribution is 5.81. The Balaban J connectivity index is 2.00. The molecule has 1 heterocycles. The average Bonchev–Trinajstić information content (AvgIpc) is 2.30. The molecule has 1 aromatic rings. The van der Waals surface area contributed by atoms with E-state index in [0.29, 0.717) is 24.7 Å². The molecule has 1 saturated heterocycles. The first-order valence-corrected chi connectivity index (χ1v) is 6.28. The van der Waals surface area contributed by atoms with Crippen LogP contribution in [0.5, 0.6) is 0 Å². The lowest BCUT2D eigenvalue weighted by molar-refractivity contribution is -0.119. The van der Waals surface area contributed by atoms with E-state index in [1.807, 2.05) is 0 Å². The molecule has 3 heteroatoms. The fourth-order valence-electron chi connectivity index (χ4n) is 2.12. The van der Waals surface area contributed by atoms with Crippen LogP contribution in [-0.4, -0.2) is 24.9 Å². The molecule has 1 N–H and O–H groups in total. The van der Waals surface area contributed by atoms with Gasteiger partial charge in [-0.05, 0) is 38.1 Å². The summed E-state index contributed by atoms with van der Waals surface area (Å²) in [6, 6.07) is 8.91. The number of ketones is 1. The van der Waals surface area contributed by atoms with Gasteiger partial charge in [-0.25, -0.2) is 0 Å². The molecule has 0 unspecified atom stereocenters. The molecule has 1 fully saturated rings. The SMILES string of the molecule is CC(C)Nc1ccc(N2CCC(=O)CC2)cc1. The van der Waals surface area contributed by atoms with Gasteiger partial charge in [0.05, 0.1) is 0 Å². The minimum absolute atomic E-state index is 0.388. The van der Waals surface area contributed by atoms with Crippen LogP contribution in [0.3, 0.4) is 0 Å². The summed E-state index contributed by atoms with van der Waals surface area (Å²) in [4.78, 5) is 13.5. The van der Waals surface area contributed by atoms with Crippen LogP contribution in [0.4, 0.5) is 11.4 Å². The van der Waals surface area contributed by atoms with Crippen LogP contribution in [0.15, 0.2) is 24.3 Å². The van der Waals surface area contributed by atoms with Gasteiger partial charge in [-0.1, -0.05) is 0 Å². The molecule has 0 amide bonds. The molecule has 1 aromatic carbocycles. The zero-order valence-corrected chi connectivity index (χ0v) is 10.6. The predicted octanol–water partition coefficient (Wildman–Crippen LogP) is 2.68. The minimum atomic E-state index is 0.388. The van der Waals surface area contributed by atoms with Gasteiger partial charge in [0.2, 0.25) is 0 Å². The third-order valence-corrected chi connectivity index (χ3v) is 3.01. The third kappa shape index (κ3) is 3.22. The summed E-state index contributed by atoms with van der Waals surface area (Å²) in [6.07, 6.45) is 1.37. The number of Topliss-reactive ketones (excluding diaryl/α,β-unsaturated/α-hetero) is 1. The monoisotopic (exact) mass is 232 g/mol. The zero-order valence-electron chi connectivity index (χ0n) is 10.6. The van der Waals surface area contributed by atoms with E-state index in [1.54, 1.807) is 0 Å². The molecule has 1 aliphatic heterocycles. The Morgan fingerprint density at radius 1 is 1.12 bits per heavy atom. The van der Waals surface area contributed by atoms with E-state index in [-0.39, 0.29) is 0 Å². The second-order valence-corrected chi connectivity index (χ2v) is 4.87. The number of carbonyl (C=O) groups is 1. The molecule has 3 nitrogen and oxygen atoms in total. The molecule has 0 spiro atoms. The molecule has 0 radical (unpaired) electrons. The maximum absolute atomic E-state index is 11.2. The largest absolute Gasteiger partial charge is 0.383 e. The average molecular weight is 232 g/mol. The molecule has 2 rings (SSSR count). The standard InChI is InChI=1S/C14H20N2O/c1-11(2)15-12-3-5-13(6-4-12)16-9-7-14(17)8-10-16/h3-6,11,15H,7-10H2,1-2H3. The fourth-order valence-corrected chi connectivity index (χ4v) is 2.12. The van der Waals surface area contributed by atoms with Gasteiger partial charge >= 0.3 is 0 Å². The molecule has 0 aromatic heterocycles. The smallest absolute Gasteiger partial charge is 0.136 e. The van der Waals surface area contributed by atoms with E-state index in [1.165, 1.54) is 5.69 Å². The van der Waals surface area contributed by atoms with E-state index >= 15 is 0 Å². The van der Waals surface area contributed by atoms with Crippen LogP contribution in [-0.2, 0) is 4.79 Å². The van der Waals surface area contributed by atoms with Crippen LogP contribution >= 0.6 is 0 Å². The van der Waals surface area contributed by atoms with Crippen molar-refractivity contribution in [3.05, 3.63) is 24.3 Å². The molecule has 92 valence electrons. The highest BCUT2D eigenvalue weighted by Gasteiger charge is 2.16. The molecule has 0 aliphatic carbocycles. The molecular formula is C14H20N2O. The fraction of sp³-hybridized carbons (Fsp3) is 0.500. The van der Waals surface area contributed by atoms with E-state index in [9.17, 15) is 4.79 Å². The first kappa shape index (κ1) is 12.0. The highest BCUT2D eigenvalue weighted by Crippen LogP contribution is 2.21. The van der Waals surface area contributed by atoms with Gasteiger partial charge in [0.15, 0.2) is 0 Å². The lowest BCUT2D eigenvalue weighted by Gasteiger charge is -2.28. The Morgan fingerprint density at radius 3 is 2.24 bits per heavy atom. The number of hydrogen-bond acceptors (Lipinski definition) is 3. The summed E-state index contributed by atoms with van der Waals surface area (Å²) in [7, 11) is 0. The zero-order chi connectivity index (χ0) is 12.3. The third-order valence-electron chi connectivity index (χ3n) is 3.01. The van der Waals surface area contributed by atoms with Crippen molar-refractivity contribution < 1.29 is 4.79 Å². The van der Waals surface area contributed by atoms with Gasteiger partial charge in [-0.2, -0.15) is 0 Å². The molecular weight excluding hydrogens is 212 g/mol. The van der Waals surface area contributed by atoms with Crippen LogP contribution in [0.25, 0.3) is 0 Å². The van der Waals surface area contributed by atoms with Crippen molar-refractivity contribution in [2.75, 3.05) is 23.3 Å².